The van der Waals surface area contributed by atoms with Gasteiger partial charge in [-0.05, 0) is 64.6 Å². The molecule has 2 saturated heterocycles. The Morgan fingerprint density at radius 3 is 2.22 bits per heavy atom. The maximum atomic E-state index is 12.9. The number of piperazine rings is 1. The number of rotatable bonds is 18. The van der Waals surface area contributed by atoms with Crippen molar-refractivity contribution in [1.29, 1.82) is 0 Å². The third-order valence-electron chi connectivity index (χ3n) is 7.48. The Balaban J connectivity index is 1.54. The lowest BCUT2D eigenvalue weighted by molar-refractivity contribution is -0.153. The number of Topliss-reactive ketones (excluding diaryl/α,β-unsaturated/α-hetero) is 1. The Bertz CT molecular complexity index is 696. The van der Waals surface area contributed by atoms with E-state index < -0.39 is 6.04 Å². The molecule has 2 aliphatic rings. The quantitative estimate of drug-likeness (QED) is 0.244. The molecule has 0 bridgehead atoms. The van der Waals surface area contributed by atoms with Crippen LogP contribution in [-0.4, -0.2) is 85.7 Å². The summed E-state index contributed by atoms with van der Waals surface area (Å²) in [5.41, 5.74) is 5.59. The van der Waals surface area contributed by atoms with E-state index in [0.717, 1.165) is 77.3 Å². The average molecular weight is 508 g/mol. The predicted molar refractivity (Wildman–Crippen MR) is 141 cm³/mol. The van der Waals surface area contributed by atoms with Gasteiger partial charge >= 0.3 is 0 Å². The number of nitrogens with two attached hydrogens (primary N) is 1. The predicted octanol–water partition coefficient (Wildman–Crippen LogP) is 1.98. The second kappa shape index (κ2) is 17.5. The largest absolute Gasteiger partial charge is 0.354 e. The summed E-state index contributed by atoms with van der Waals surface area (Å²) in [5.74, 6) is 0.262. The van der Waals surface area contributed by atoms with Crippen molar-refractivity contribution in [3.8, 4) is 0 Å². The molecule has 0 aromatic rings. The van der Waals surface area contributed by atoms with Crippen LogP contribution in [-0.2, 0) is 19.2 Å². The molecule has 3 amide bonds. The zero-order chi connectivity index (χ0) is 26.2. The molecule has 0 aromatic heterocycles. The summed E-state index contributed by atoms with van der Waals surface area (Å²) in [6.45, 7) is 3.07. The highest BCUT2D eigenvalue weighted by atomic mass is 16.2. The highest BCUT2D eigenvalue weighted by Crippen LogP contribution is 2.18. The summed E-state index contributed by atoms with van der Waals surface area (Å²) in [4.78, 5) is 52.5. The topological polar surface area (TPSA) is 125 Å². The molecule has 9 nitrogen and oxygen atoms in total. The highest BCUT2D eigenvalue weighted by molar-refractivity contribution is 5.96. The first-order valence-electron chi connectivity index (χ1n) is 14.2. The third kappa shape index (κ3) is 10.9. The van der Waals surface area contributed by atoms with Gasteiger partial charge in [0.1, 0.15) is 18.4 Å². The van der Waals surface area contributed by atoms with Gasteiger partial charge in [-0.15, -0.1) is 0 Å². The van der Waals surface area contributed by atoms with Gasteiger partial charge in [-0.1, -0.05) is 38.5 Å². The number of nitrogens with one attached hydrogen (secondary N) is 2. The van der Waals surface area contributed by atoms with Crippen LogP contribution in [0, 0.1) is 5.92 Å². The molecule has 0 spiro atoms. The number of unbranched alkanes of at least 4 members (excludes halogenated alkanes) is 8. The first-order valence-corrected chi connectivity index (χ1v) is 14.2. The average Bonchev–Trinajstić information content (AvgIpc) is 2.88. The third-order valence-corrected chi connectivity index (χ3v) is 7.48. The zero-order valence-electron chi connectivity index (χ0n) is 22.4. The van der Waals surface area contributed by atoms with E-state index in [-0.39, 0.29) is 36.7 Å². The molecule has 0 aromatic carbocycles. The summed E-state index contributed by atoms with van der Waals surface area (Å²) >= 11 is 0. The van der Waals surface area contributed by atoms with Crippen LogP contribution in [0.15, 0.2) is 0 Å². The molecule has 2 rings (SSSR count). The molecule has 4 N–H and O–H groups in total. The van der Waals surface area contributed by atoms with E-state index in [9.17, 15) is 19.2 Å². The number of ketones is 1. The molecule has 1 atom stereocenters. The van der Waals surface area contributed by atoms with Gasteiger partial charge in [-0.3, -0.25) is 19.2 Å². The molecule has 9 heteroatoms. The summed E-state index contributed by atoms with van der Waals surface area (Å²) in [6, 6.07) is -0.608. The summed E-state index contributed by atoms with van der Waals surface area (Å²) < 4.78 is 0. The van der Waals surface area contributed by atoms with Crippen LogP contribution in [0.25, 0.3) is 0 Å². The number of hydrogen-bond donors (Lipinski definition) is 3. The standard InChI is InChI=1S/C27H49N5O4/c1-31-20-26(35)32(21-25(31)34)23(12-9-10-16-28)27(36)30-17-11-7-5-3-2-4-6-8-13-24(33)22-14-18-29-19-15-22/h22-23,29H,2-21,28H2,1H3,(H,30,36)/t23-/m0/s1. The normalized spacial score (nSPS) is 17.9. The molecule has 2 aliphatic heterocycles. The summed E-state index contributed by atoms with van der Waals surface area (Å²) in [6.07, 6.45) is 13.6. The second-order valence-electron chi connectivity index (χ2n) is 10.4. The lowest BCUT2D eigenvalue weighted by Gasteiger charge is -2.36. The fraction of sp³-hybridized carbons (Fsp3) is 0.852. The highest BCUT2D eigenvalue weighted by Gasteiger charge is 2.35. The van der Waals surface area contributed by atoms with E-state index in [1.807, 2.05) is 0 Å². The van der Waals surface area contributed by atoms with Crippen molar-refractivity contribution in [3.05, 3.63) is 0 Å². The molecule has 0 aliphatic carbocycles. The SMILES string of the molecule is CN1CC(=O)N([C@@H](CCCCN)C(=O)NCCCCCCCCCCC(=O)C2CCNCC2)CC1=O. The fourth-order valence-electron chi connectivity index (χ4n) is 5.09. The molecule has 206 valence electrons. The minimum absolute atomic E-state index is 0.0219. The first-order chi connectivity index (χ1) is 17.4. The lowest BCUT2D eigenvalue weighted by Crippen LogP contribution is -2.59. The fourth-order valence-corrected chi connectivity index (χ4v) is 5.09. The van der Waals surface area contributed by atoms with Gasteiger partial charge in [-0.2, -0.15) is 0 Å². The molecular weight excluding hydrogens is 458 g/mol. The van der Waals surface area contributed by atoms with E-state index >= 15 is 0 Å². The first kappa shape index (κ1) is 30.2. The van der Waals surface area contributed by atoms with Crippen LogP contribution in [0.1, 0.15) is 89.9 Å². The second-order valence-corrected chi connectivity index (χ2v) is 10.4. The van der Waals surface area contributed by atoms with Crippen LogP contribution in [0.5, 0.6) is 0 Å². The van der Waals surface area contributed by atoms with Crippen LogP contribution < -0.4 is 16.4 Å². The van der Waals surface area contributed by atoms with Crippen LogP contribution in [0.2, 0.25) is 0 Å². The van der Waals surface area contributed by atoms with E-state index in [0.29, 0.717) is 25.3 Å². The van der Waals surface area contributed by atoms with Gasteiger partial charge in [0.15, 0.2) is 0 Å². The smallest absolute Gasteiger partial charge is 0.243 e. The molecular formula is C27H49N5O4. The van der Waals surface area contributed by atoms with Gasteiger partial charge in [0.2, 0.25) is 17.7 Å². The Morgan fingerprint density at radius 2 is 1.56 bits per heavy atom. The van der Waals surface area contributed by atoms with Gasteiger partial charge in [-0.25, -0.2) is 0 Å². The number of carbonyl (C=O) groups excluding carboxylic acids is 4. The van der Waals surface area contributed by atoms with Crippen molar-refractivity contribution < 1.29 is 19.2 Å². The molecule has 2 heterocycles. The zero-order valence-corrected chi connectivity index (χ0v) is 22.4. The Hall–Kier alpha value is -2.00. The van der Waals surface area contributed by atoms with Gasteiger partial charge in [0.05, 0.1) is 6.54 Å². The molecule has 0 unspecified atom stereocenters. The lowest BCUT2D eigenvalue weighted by atomic mass is 9.90. The maximum absolute atomic E-state index is 12.9. The number of nitrogens with zero attached hydrogens (tertiary/aromatic N) is 2. The molecule has 0 radical (unpaired) electrons. The minimum Gasteiger partial charge on any atom is -0.354 e. The van der Waals surface area contributed by atoms with Crippen LogP contribution >= 0.6 is 0 Å². The van der Waals surface area contributed by atoms with E-state index in [1.165, 1.54) is 29.1 Å². The van der Waals surface area contributed by atoms with Crippen molar-refractivity contribution in [2.45, 2.75) is 95.9 Å². The number of carbonyl (C=O) groups is 4. The molecule has 0 saturated carbocycles. The number of piperidine rings is 1. The van der Waals surface area contributed by atoms with Crippen molar-refractivity contribution in [3.63, 3.8) is 0 Å². The van der Waals surface area contributed by atoms with Crippen molar-refractivity contribution in [2.24, 2.45) is 11.7 Å². The van der Waals surface area contributed by atoms with Crippen LogP contribution in [0.3, 0.4) is 0 Å². The minimum atomic E-state index is -0.608. The Morgan fingerprint density at radius 1 is 0.917 bits per heavy atom. The van der Waals surface area contributed by atoms with Gasteiger partial charge in [0.25, 0.3) is 0 Å². The van der Waals surface area contributed by atoms with E-state index in [1.54, 1.807) is 7.05 Å². The Kier molecular flexibility index (Phi) is 14.7. The Labute approximate surface area is 217 Å². The maximum Gasteiger partial charge on any atom is 0.243 e. The summed E-state index contributed by atoms with van der Waals surface area (Å²) in [5, 5.41) is 6.30. The van der Waals surface area contributed by atoms with Gasteiger partial charge in [0, 0.05) is 25.9 Å². The van der Waals surface area contributed by atoms with Crippen molar-refractivity contribution in [2.75, 3.05) is 46.3 Å². The number of likely N-dealkylation sites (N-methyl/N-ethyl adjacent to an activating group) is 1. The monoisotopic (exact) mass is 507 g/mol. The van der Waals surface area contributed by atoms with Gasteiger partial charge < -0.3 is 26.2 Å². The van der Waals surface area contributed by atoms with Crippen molar-refractivity contribution in [1.82, 2.24) is 20.4 Å². The van der Waals surface area contributed by atoms with Crippen molar-refractivity contribution >= 4 is 23.5 Å². The van der Waals surface area contributed by atoms with Crippen LogP contribution in [0.4, 0.5) is 0 Å². The molecule has 36 heavy (non-hydrogen) atoms. The number of amides is 3. The molecule has 2 fully saturated rings. The van der Waals surface area contributed by atoms with E-state index in [2.05, 4.69) is 10.6 Å². The number of hydrogen-bond acceptors (Lipinski definition) is 6. The summed E-state index contributed by atoms with van der Waals surface area (Å²) in [7, 11) is 1.61. The van der Waals surface area contributed by atoms with E-state index in [4.69, 9.17) is 5.73 Å².